The van der Waals surface area contributed by atoms with Gasteiger partial charge in [-0.1, -0.05) is 13.0 Å². The lowest BCUT2D eigenvalue weighted by Gasteiger charge is -2.07. The molecule has 0 heterocycles. The third-order valence-electron chi connectivity index (χ3n) is 1.56. The van der Waals surface area contributed by atoms with Crippen LogP contribution in [0.1, 0.15) is 20.3 Å². The van der Waals surface area contributed by atoms with Gasteiger partial charge in [-0.15, -0.1) is 0 Å². The number of rotatable bonds is 5. The molecule has 2 heteroatoms. The van der Waals surface area contributed by atoms with E-state index >= 15 is 0 Å². The average Bonchev–Trinajstić information content (AvgIpc) is 2.11. The van der Waals surface area contributed by atoms with E-state index in [1.165, 1.54) is 0 Å². The standard InChI is InChI=1S/C10H17NO/c1-5-7-10(12-4)9(6-2)8-11-3/h6-7H,3,5,8H2,1-2,4H3/b9-6-,10-7+. The minimum absolute atomic E-state index is 0.621. The van der Waals surface area contributed by atoms with Crippen molar-refractivity contribution in [3.05, 3.63) is 23.5 Å². The molecule has 0 atom stereocenters. The molecule has 0 amide bonds. The molecule has 68 valence electrons. The fourth-order valence-corrected chi connectivity index (χ4v) is 0.963. The van der Waals surface area contributed by atoms with E-state index < -0.39 is 0 Å². The molecule has 0 rings (SSSR count). The third kappa shape index (κ3) is 3.37. The summed E-state index contributed by atoms with van der Waals surface area (Å²) in [6.07, 6.45) is 5.01. The second kappa shape index (κ2) is 6.65. The van der Waals surface area contributed by atoms with Gasteiger partial charge in [-0.3, -0.25) is 4.99 Å². The molecule has 0 saturated heterocycles. The molecule has 0 N–H and O–H groups in total. The predicted molar refractivity (Wildman–Crippen MR) is 53.6 cm³/mol. The number of aliphatic imine (C=N–C) groups is 1. The van der Waals surface area contributed by atoms with E-state index in [1.54, 1.807) is 7.11 Å². The zero-order valence-electron chi connectivity index (χ0n) is 8.13. The Hall–Kier alpha value is -1.05. The molecule has 0 aliphatic carbocycles. The quantitative estimate of drug-likeness (QED) is 0.350. The third-order valence-corrected chi connectivity index (χ3v) is 1.56. The van der Waals surface area contributed by atoms with E-state index in [1.807, 2.05) is 19.1 Å². The van der Waals surface area contributed by atoms with E-state index in [4.69, 9.17) is 4.74 Å². The number of hydrogen-bond acceptors (Lipinski definition) is 2. The lowest BCUT2D eigenvalue weighted by atomic mass is 10.2. The molecule has 0 aromatic carbocycles. The molecule has 0 spiro atoms. The minimum Gasteiger partial charge on any atom is -0.497 e. The van der Waals surface area contributed by atoms with Crippen molar-refractivity contribution in [2.24, 2.45) is 4.99 Å². The smallest absolute Gasteiger partial charge is 0.119 e. The van der Waals surface area contributed by atoms with Crippen molar-refractivity contribution < 1.29 is 4.74 Å². The largest absolute Gasteiger partial charge is 0.497 e. The van der Waals surface area contributed by atoms with Crippen molar-refractivity contribution >= 4 is 6.72 Å². The fraction of sp³-hybridized carbons (Fsp3) is 0.500. The number of ether oxygens (including phenoxy) is 1. The zero-order chi connectivity index (χ0) is 9.40. The first-order valence-electron chi connectivity index (χ1n) is 4.12. The SMILES string of the molecule is C=NCC(=C/C)/C(=C\CC)OC. The summed E-state index contributed by atoms with van der Waals surface area (Å²) in [6.45, 7) is 8.13. The summed E-state index contributed by atoms with van der Waals surface area (Å²) in [5, 5.41) is 0. The van der Waals surface area contributed by atoms with Crippen LogP contribution in [0.2, 0.25) is 0 Å². The van der Waals surface area contributed by atoms with Gasteiger partial charge in [0.05, 0.1) is 13.7 Å². The summed E-state index contributed by atoms with van der Waals surface area (Å²) in [7, 11) is 1.67. The lowest BCUT2D eigenvalue weighted by Crippen LogP contribution is -1.96. The van der Waals surface area contributed by atoms with Gasteiger partial charge in [0, 0.05) is 5.57 Å². The fourth-order valence-electron chi connectivity index (χ4n) is 0.963. The Kier molecular flexibility index (Phi) is 6.07. The van der Waals surface area contributed by atoms with Crippen molar-refractivity contribution in [3.63, 3.8) is 0 Å². The van der Waals surface area contributed by atoms with Crippen molar-refractivity contribution in [1.82, 2.24) is 0 Å². The van der Waals surface area contributed by atoms with Crippen LogP contribution in [0.15, 0.2) is 28.5 Å². The maximum Gasteiger partial charge on any atom is 0.119 e. The molecule has 0 radical (unpaired) electrons. The summed E-state index contributed by atoms with van der Waals surface area (Å²) >= 11 is 0. The van der Waals surface area contributed by atoms with Crippen molar-refractivity contribution in [3.8, 4) is 0 Å². The molecule has 0 aliphatic rings. The van der Waals surface area contributed by atoms with E-state index in [2.05, 4.69) is 18.6 Å². The van der Waals surface area contributed by atoms with Crippen molar-refractivity contribution in [2.45, 2.75) is 20.3 Å². The summed E-state index contributed by atoms with van der Waals surface area (Å²) in [5.74, 6) is 0.910. The van der Waals surface area contributed by atoms with E-state index in [0.717, 1.165) is 17.8 Å². The Balaban J connectivity index is 4.45. The van der Waals surface area contributed by atoms with Gasteiger partial charge in [0.15, 0.2) is 0 Å². The van der Waals surface area contributed by atoms with Crippen molar-refractivity contribution in [2.75, 3.05) is 13.7 Å². The first kappa shape index (κ1) is 11.0. The zero-order valence-corrected chi connectivity index (χ0v) is 8.13. The summed E-state index contributed by atoms with van der Waals surface area (Å²) in [5.41, 5.74) is 1.09. The van der Waals surface area contributed by atoms with Crippen LogP contribution >= 0.6 is 0 Å². The molecule has 2 nitrogen and oxygen atoms in total. The van der Waals surface area contributed by atoms with Crippen LogP contribution in [-0.2, 0) is 4.74 Å². The van der Waals surface area contributed by atoms with Crippen LogP contribution in [0.4, 0.5) is 0 Å². The van der Waals surface area contributed by atoms with Crippen LogP contribution in [0, 0.1) is 0 Å². The highest BCUT2D eigenvalue weighted by Gasteiger charge is 2.01. The first-order chi connectivity index (χ1) is 5.79. The maximum absolute atomic E-state index is 5.20. The van der Waals surface area contributed by atoms with Crippen LogP contribution in [-0.4, -0.2) is 20.4 Å². The number of hydrogen-bond donors (Lipinski definition) is 0. The van der Waals surface area contributed by atoms with Gasteiger partial charge in [-0.05, 0) is 26.1 Å². The van der Waals surface area contributed by atoms with Gasteiger partial charge in [0.25, 0.3) is 0 Å². The predicted octanol–water partition coefficient (Wildman–Crippen LogP) is 2.57. The molecular formula is C10H17NO. The van der Waals surface area contributed by atoms with Crippen LogP contribution < -0.4 is 0 Å². The topological polar surface area (TPSA) is 21.6 Å². The number of methoxy groups -OCH3 is 1. The Morgan fingerprint density at radius 2 is 2.25 bits per heavy atom. The Morgan fingerprint density at radius 1 is 1.58 bits per heavy atom. The van der Waals surface area contributed by atoms with Gasteiger partial charge in [0.1, 0.15) is 5.76 Å². The summed E-state index contributed by atoms with van der Waals surface area (Å²) < 4.78 is 5.20. The van der Waals surface area contributed by atoms with Crippen LogP contribution in [0.5, 0.6) is 0 Å². The molecule has 0 saturated carbocycles. The second-order valence-electron chi connectivity index (χ2n) is 2.38. The molecular weight excluding hydrogens is 150 g/mol. The van der Waals surface area contributed by atoms with Gasteiger partial charge < -0.3 is 4.74 Å². The summed E-state index contributed by atoms with van der Waals surface area (Å²) in [6, 6.07) is 0. The average molecular weight is 167 g/mol. The van der Waals surface area contributed by atoms with Crippen LogP contribution in [0.3, 0.4) is 0 Å². The molecule has 0 aromatic rings. The highest BCUT2D eigenvalue weighted by atomic mass is 16.5. The van der Waals surface area contributed by atoms with Crippen molar-refractivity contribution in [1.29, 1.82) is 0 Å². The molecule has 0 fully saturated rings. The monoisotopic (exact) mass is 167 g/mol. The molecule has 0 aliphatic heterocycles. The van der Waals surface area contributed by atoms with Gasteiger partial charge >= 0.3 is 0 Å². The Labute approximate surface area is 74.7 Å². The van der Waals surface area contributed by atoms with E-state index in [9.17, 15) is 0 Å². The van der Waals surface area contributed by atoms with E-state index in [-0.39, 0.29) is 0 Å². The molecule has 0 bridgehead atoms. The normalized spacial score (nSPS) is 12.9. The maximum atomic E-state index is 5.20. The second-order valence-corrected chi connectivity index (χ2v) is 2.38. The lowest BCUT2D eigenvalue weighted by molar-refractivity contribution is 0.298. The Morgan fingerprint density at radius 3 is 2.58 bits per heavy atom. The first-order valence-corrected chi connectivity index (χ1v) is 4.12. The number of nitrogens with zero attached hydrogens (tertiary/aromatic N) is 1. The van der Waals surface area contributed by atoms with E-state index in [0.29, 0.717) is 6.54 Å². The van der Waals surface area contributed by atoms with Gasteiger partial charge in [0.2, 0.25) is 0 Å². The Bertz CT molecular complexity index is 192. The number of allylic oxidation sites excluding steroid dienone is 2. The molecule has 0 unspecified atom stereocenters. The molecule has 0 aromatic heterocycles. The van der Waals surface area contributed by atoms with Crippen LogP contribution in [0.25, 0.3) is 0 Å². The highest BCUT2D eigenvalue weighted by Crippen LogP contribution is 2.11. The molecule has 12 heavy (non-hydrogen) atoms. The minimum atomic E-state index is 0.621. The van der Waals surface area contributed by atoms with Gasteiger partial charge in [-0.25, -0.2) is 0 Å². The highest BCUT2D eigenvalue weighted by molar-refractivity contribution is 5.31. The van der Waals surface area contributed by atoms with Gasteiger partial charge in [-0.2, -0.15) is 0 Å². The summed E-state index contributed by atoms with van der Waals surface area (Å²) in [4.78, 5) is 3.82.